The Bertz CT molecular complexity index is 234. The van der Waals surface area contributed by atoms with Crippen LogP contribution < -0.4 is 11.2 Å². The fourth-order valence-electron chi connectivity index (χ4n) is 1.35. The molecule has 0 aromatic rings. The molecule has 5 nitrogen and oxygen atoms in total. The van der Waals surface area contributed by atoms with Crippen LogP contribution in [0.3, 0.4) is 0 Å². The van der Waals surface area contributed by atoms with E-state index in [0.717, 1.165) is 31.6 Å². The molecule has 0 saturated carbocycles. The van der Waals surface area contributed by atoms with E-state index >= 15 is 0 Å². The maximum Gasteiger partial charge on any atom is 0.0960 e. The van der Waals surface area contributed by atoms with Crippen molar-refractivity contribution in [1.29, 1.82) is 0 Å². The topological polar surface area (TPSA) is 73.9 Å². The van der Waals surface area contributed by atoms with Crippen LogP contribution in [0.5, 0.6) is 0 Å². The van der Waals surface area contributed by atoms with Crippen LogP contribution in [0, 0.1) is 0 Å². The van der Waals surface area contributed by atoms with Crippen LogP contribution >= 0.6 is 0 Å². The predicted octanol–water partition coefficient (Wildman–Crippen LogP) is 0.958. The van der Waals surface area contributed by atoms with Crippen LogP contribution in [-0.4, -0.2) is 42.6 Å². The van der Waals surface area contributed by atoms with Crippen molar-refractivity contribution in [2.24, 2.45) is 10.7 Å². The molecule has 0 aliphatic heterocycles. The molecule has 0 saturated heterocycles. The van der Waals surface area contributed by atoms with Gasteiger partial charge in [-0.05, 0) is 40.3 Å². The van der Waals surface area contributed by atoms with Crippen molar-refractivity contribution in [3.8, 4) is 0 Å². The van der Waals surface area contributed by atoms with E-state index in [4.69, 9.17) is 10.9 Å². The van der Waals surface area contributed by atoms with Crippen molar-refractivity contribution in [1.82, 2.24) is 10.4 Å². The third-order valence-corrected chi connectivity index (χ3v) is 2.14. The number of allylic oxidation sites excluding steroid dienone is 2. The molecule has 0 aromatic heterocycles. The van der Waals surface area contributed by atoms with E-state index in [0.29, 0.717) is 12.4 Å². The minimum atomic E-state index is 0.597. The Hall–Kier alpha value is -0.910. The molecule has 5 heteroatoms. The van der Waals surface area contributed by atoms with Crippen LogP contribution in [0.2, 0.25) is 0 Å². The first-order valence-electron chi connectivity index (χ1n) is 5.59. The number of likely N-dealkylation sites (N-methyl/N-ethyl adjacent to an activating group) is 1. The van der Waals surface area contributed by atoms with Crippen molar-refractivity contribution in [3.63, 3.8) is 0 Å². The fraction of sp³-hybridized carbons (Fsp3) is 0.727. The highest BCUT2D eigenvalue weighted by Gasteiger charge is 1.96. The number of unbranched alkanes of at least 4 members (excludes halogenated alkanes) is 1. The van der Waals surface area contributed by atoms with Crippen molar-refractivity contribution >= 4 is 5.84 Å². The van der Waals surface area contributed by atoms with E-state index in [9.17, 15) is 0 Å². The SMILES string of the molecule is CC(N)=N/C(C)=C\CCCN(C)CCNO. The Morgan fingerprint density at radius 3 is 2.69 bits per heavy atom. The summed E-state index contributed by atoms with van der Waals surface area (Å²) >= 11 is 0. The molecule has 0 unspecified atom stereocenters. The number of nitrogens with one attached hydrogen (secondary N) is 1. The number of nitrogens with zero attached hydrogens (tertiary/aromatic N) is 2. The van der Waals surface area contributed by atoms with Crippen LogP contribution in [-0.2, 0) is 0 Å². The summed E-state index contributed by atoms with van der Waals surface area (Å²) in [5.74, 6) is 0.597. The molecule has 0 amide bonds. The molecule has 0 radical (unpaired) electrons. The van der Waals surface area contributed by atoms with Crippen molar-refractivity contribution < 1.29 is 5.21 Å². The van der Waals surface area contributed by atoms with E-state index in [-0.39, 0.29) is 0 Å². The van der Waals surface area contributed by atoms with Gasteiger partial charge < -0.3 is 15.8 Å². The third kappa shape index (κ3) is 9.64. The molecule has 16 heavy (non-hydrogen) atoms. The van der Waals surface area contributed by atoms with Crippen LogP contribution in [0.15, 0.2) is 16.8 Å². The van der Waals surface area contributed by atoms with Gasteiger partial charge in [0.15, 0.2) is 0 Å². The average molecular weight is 228 g/mol. The maximum absolute atomic E-state index is 8.43. The van der Waals surface area contributed by atoms with Gasteiger partial charge in [-0.1, -0.05) is 6.08 Å². The van der Waals surface area contributed by atoms with Gasteiger partial charge in [-0.2, -0.15) is 0 Å². The molecule has 0 bridgehead atoms. The molecule has 0 aliphatic carbocycles. The highest BCUT2D eigenvalue weighted by Crippen LogP contribution is 2.00. The quantitative estimate of drug-likeness (QED) is 0.250. The van der Waals surface area contributed by atoms with Crippen molar-refractivity contribution in [2.45, 2.75) is 26.7 Å². The summed E-state index contributed by atoms with van der Waals surface area (Å²) in [7, 11) is 2.04. The molecule has 0 rings (SSSR count). The minimum Gasteiger partial charge on any atom is -0.387 e. The summed E-state index contributed by atoms with van der Waals surface area (Å²) in [5.41, 5.74) is 8.59. The average Bonchev–Trinajstić information content (AvgIpc) is 2.20. The third-order valence-electron chi connectivity index (χ3n) is 2.14. The van der Waals surface area contributed by atoms with Gasteiger partial charge in [0.1, 0.15) is 0 Å². The molecule has 4 N–H and O–H groups in total. The monoisotopic (exact) mass is 228 g/mol. The maximum atomic E-state index is 8.43. The number of amidine groups is 1. The first-order chi connectivity index (χ1) is 7.56. The zero-order valence-corrected chi connectivity index (χ0v) is 10.5. The highest BCUT2D eigenvalue weighted by atomic mass is 16.5. The predicted molar refractivity (Wildman–Crippen MR) is 67.6 cm³/mol. The molecule has 0 heterocycles. The highest BCUT2D eigenvalue weighted by molar-refractivity contribution is 5.78. The lowest BCUT2D eigenvalue weighted by Crippen LogP contribution is -2.28. The zero-order valence-electron chi connectivity index (χ0n) is 10.5. The second kappa shape index (κ2) is 9.33. The normalized spacial score (nSPS) is 13.6. The molecule has 0 fully saturated rings. The van der Waals surface area contributed by atoms with E-state index in [1.54, 1.807) is 6.92 Å². The molecular weight excluding hydrogens is 204 g/mol. The minimum absolute atomic E-state index is 0.597. The lowest BCUT2D eigenvalue weighted by atomic mass is 10.2. The second-order valence-electron chi connectivity index (χ2n) is 3.95. The second-order valence-corrected chi connectivity index (χ2v) is 3.95. The lowest BCUT2D eigenvalue weighted by Gasteiger charge is -2.14. The first-order valence-corrected chi connectivity index (χ1v) is 5.59. The van der Waals surface area contributed by atoms with Crippen LogP contribution in [0.4, 0.5) is 0 Å². The molecule has 0 atom stereocenters. The summed E-state index contributed by atoms with van der Waals surface area (Å²) in [6.07, 6.45) is 4.17. The Morgan fingerprint density at radius 1 is 1.44 bits per heavy atom. The summed E-state index contributed by atoms with van der Waals surface area (Å²) in [5, 5.41) is 8.43. The van der Waals surface area contributed by atoms with Gasteiger partial charge in [-0.25, -0.2) is 10.5 Å². The number of hydrogen-bond acceptors (Lipinski definition) is 4. The molecule has 0 spiro atoms. The summed E-state index contributed by atoms with van der Waals surface area (Å²) in [6.45, 7) is 6.20. The summed E-state index contributed by atoms with van der Waals surface area (Å²) < 4.78 is 0. The van der Waals surface area contributed by atoms with E-state index in [2.05, 4.69) is 21.4 Å². The summed E-state index contributed by atoms with van der Waals surface area (Å²) in [4.78, 5) is 6.31. The Balaban J connectivity index is 3.62. The fourth-order valence-corrected chi connectivity index (χ4v) is 1.35. The Kier molecular flexibility index (Phi) is 8.80. The Morgan fingerprint density at radius 2 is 2.12 bits per heavy atom. The largest absolute Gasteiger partial charge is 0.387 e. The van der Waals surface area contributed by atoms with Crippen molar-refractivity contribution in [3.05, 3.63) is 11.8 Å². The van der Waals surface area contributed by atoms with Crippen molar-refractivity contribution in [2.75, 3.05) is 26.7 Å². The van der Waals surface area contributed by atoms with E-state index in [1.165, 1.54) is 0 Å². The lowest BCUT2D eigenvalue weighted by molar-refractivity contribution is 0.152. The molecule has 0 aliphatic rings. The van der Waals surface area contributed by atoms with Gasteiger partial charge in [-0.3, -0.25) is 0 Å². The number of hydroxylamine groups is 1. The molecule has 94 valence electrons. The molecule has 0 aromatic carbocycles. The van der Waals surface area contributed by atoms with Crippen LogP contribution in [0.1, 0.15) is 26.7 Å². The van der Waals surface area contributed by atoms with Gasteiger partial charge in [0.25, 0.3) is 0 Å². The van der Waals surface area contributed by atoms with E-state index in [1.807, 2.05) is 14.0 Å². The molecular formula is C11H24N4O. The standard InChI is InChI=1S/C11H24N4O/c1-10(14-11(2)12)6-4-5-8-15(3)9-7-13-16/h6,13,16H,4-5,7-9H2,1-3H3,(H2,12,14)/b10-6-. The number of rotatable bonds is 8. The first kappa shape index (κ1) is 15.1. The smallest absolute Gasteiger partial charge is 0.0960 e. The number of hydrogen-bond donors (Lipinski definition) is 3. The number of nitrogens with two attached hydrogens (primary N) is 1. The van der Waals surface area contributed by atoms with Crippen LogP contribution in [0.25, 0.3) is 0 Å². The van der Waals surface area contributed by atoms with Gasteiger partial charge in [-0.15, -0.1) is 0 Å². The Labute approximate surface area is 98.0 Å². The van der Waals surface area contributed by atoms with Gasteiger partial charge in [0.2, 0.25) is 0 Å². The van der Waals surface area contributed by atoms with Gasteiger partial charge >= 0.3 is 0 Å². The summed E-state index contributed by atoms with van der Waals surface area (Å²) in [6, 6.07) is 0. The zero-order chi connectivity index (χ0) is 12.4. The van der Waals surface area contributed by atoms with Gasteiger partial charge in [0, 0.05) is 18.8 Å². The van der Waals surface area contributed by atoms with E-state index < -0.39 is 0 Å². The number of aliphatic imine (C=N–C) groups is 1. The van der Waals surface area contributed by atoms with Gasteiger partial charge in [0.05, 0.1) is 5.84 Å².